The van der Waals surface area contributed by atoms with E-state index in [2.05, 4.69) is 9.88 Å². The highest BCUT2D eigenvalue weighted by Crippen LogP contribution is 2.28. The van der Waals surface area contributed by atoms with Gasteiger partial charge in [0.1, 0.15) is 6.61 Å². The van der Waals surface area contributed by atoms with E-state index in [1.807, 2.05) is 6.07 Å². The van der Waals surface area contributed by atoms with Gasteiger partial charge in [0, 0.05) is 33.4 Å². The highest BCUT2D eigenvalue weighted by Gasteiger charge is 2.25. The summed E-state index contributed by atoms with van der Waals surface area (Å²) in [5, 5.41) is 0. The van der Waals surface area contributed by atoms with Crippen molar-refractivity contribution in [3.05, 3.63) is 53.9 Å². The average molecular weight is 404 g/mol. The minimum Gasteiger partial charge on any atom is -0.456 e. The first-order valence-electron chi connectivity index (χ1n) is 9.28. The highest BCUT2D eigenvalue weighted by molar-refractivity contribution is 7.89. The number of esters is 1. The molecule has 2 aromatic rings. The van der Waals surface area contributed by atoms with E-state index in [1.54, 1.807) is 30.5 Å². The van der Waals surface area contributed by atoms with Gasteiger partial charge >= 0.3 is 5.97 Å². The number of carbonyl (C=O) groups is 1. The summed E-state index contributed by atoms with van der Waals surface area (Å²) < 4.78 is 31.6. The minimum absolute atomic E-state index is 0.0315. The summed E-state index contributed by atoms with van der Waals surface area (Å²) >= 11 is 0. The molecule has 8 heteroatoms. The fourth-order valence-electron chi connectivity index (χ4n) is 3.16. The van der Waals surface area contributed by atoms with Crippen LogP contribution in [0, 0.1) is 0 Å². The van der Waals surface area contributed by atoms with Crippen molar-refractivity contribution >= 4 is 21.7 Å². The fourth-order valence-corrected chi connectivity index (χ4v) is 4.09. The zero-order valence-corrected chi connectivity index (χ0v) is 17.0. The molecule has 28 heavy (non-hydrogen) atoms. The molecule has 0 unspecified atom stereocenters. The van der Waals surface area contributed by atoms with E-state index in [9.17, 15) is 13.2 Å². The Labute approximate surface area is 166 Å². The molecule has 7 nitrogen and oxygen atoms in total. The smallest absolute Gasteiger partial charge is 0.340 e. The topological polar surface area (TPSA) is 79.8 Å². The lowest BCUT2D eigenvalue weighted by molar-refractivity contribution is 0.0468. The Morgan fingerprint density at radius 2 is 1.89 bits per heavy atom. The van der Waals surface area contributed by atoms with Crippen LogP contribution in [0.3, 0.4) is 0 Å². The van der Waals surface area contributed by atoms with Gasteiger partial charge in [-0.2, -0.15) is 0 Å². The van der Waals surface area contributed by atoms with Crippen LogP contribution in [-0.4, -0.2) is 50.9 Å². The second-order valence-corrected chi connectivity index (χ2v) is 9.06. The van der Waals surface area contributed by atoms with E-state index >= 15 is 0 Å². The van der Waals surface area contributed by atoms with Gasteiger partial charge < -0.3 is 9.64 Å². The Kier molecular flexibility index (Phi) is 6.31. The molecule has 1 fully saturated rings. The summed E-state index contributed by atoms with van der Waals surface area (Å²) in [7, 11) is -0.722. The summed E-state index contributed by atoms with van der Waals surface area (Å²) in [5.74, 6) is -0.554. The van der Waals surface area contributed by atoms with Crippen molar-refractivity contribution in [1.29, 1.82) is 0 Å². The van der Waals surface area contributed by atoms with Crippen molar-refractivity contribution in [3.8, 4) is 0 Å². The Hall–Kier alpha value is -2.45. The van der Waals surface area contributed by atoms with Gasteiger partial charge in [-0.05, 0) is 49.6 Å². The normalized spacial score (nSPS) is 14.9. The molecule has 0 amide bonds. The molecule has 3 rings (SSSR count). The number of aromatic nitrogens is 1. The third-order valence-corrected chi connectivity index (χ3v) is 6.55. The highest BCUT2D eigenvalue weighted by atomic mass is 32.2. The van der Waals surface area contributed by atoms with Crippen LogP contribution in [0.5, 0.6) is 0 Å². The lowest BCUT2D eigenvalue weighted by Crippen LogP contribution is -2.31. The molecule has 0 bridgehead atoms. The molecule has 1 aliphatic heterocycles. The molecule has 150 valence electrons. The monoisotopic (exact) mass is 403 g/mol. The number of anilines is 1. The van der Waals surface area contributed by atoms with Crippen molar-refractivity contribution < 1.29 is 17.9 Å². The molecule has 1 aliphatic rings. The zero-order valence-electron chi connectivity index (χ0n) is 16.2. The van der Waals surface area contributed by atoms with Crippen molar-refractivity contribution in [3.63, 3.8) is 0 Å². The lowest BCUT2D eigenvalue weighted by atomic mass is 10.1. The van der Waals surface area contributed by atoms with Crippen LogP contribution in [0.1, 0.15) is 35.3 Å². The Balaban J connectivity index is 1.93. The van der Waals surface area contributed by atoms with Gasteiger partial charge in [0.2, 0.25) is 10.0 Å². The number of piperidine rings is 1. The van der Waals surface area contributed by atoms with Crippen molar-refractivity contribution in [2.45, 2.75) is 30.8 Å². The number of rotatable bonds is 6. The van der Waals surface area contributed by atoms with E-state index in [1.165, 1.54) is 20.2 Å². The van der Waals surface area contributed by atoms with E-state index in [4.69, 9.17) is 4.74 Å². The van der Waals surface area contributed by atoms with E-state index in [-0.39, 0.29) is 17.1 Å². The SMILES string of the molecule is CN(C)S(=O)(=O)c1ccc(N2CCCCC2)c(C(=O)OCc2ccccn2)c1. The van der Waals surface area contributed by atoms with E-state index in [0.29, 0.717) is 11.4 Å². The molecule has 2 heterocycles. The molecule has 1 saturated heterocycles. The third kappa shape index (κ3) is 4.51. The predicted octanol–water partition coefficient (Wildman–Crippen LogP) is 2.68. The zero-order chi connectivity index (χ0) is 20.1. The molecule has 0 N–H and O–H groups in total. The first-order chi connectivity index (χ1) is 13.4. The van der Waals surface area contributed by atoms with E-state index < -0.39 is 16.0 Å². The molecule has 0 spiro atoms. The first kappa shape index (κ1) is 20.3. The minimum atomic E-state index is -3.65. The Morgan fingerprint density at radius 3 is 2.54 bits per heavy atom. The molecule has 0 saturated carbocycles. The van der Waals surface area contributed by atoms with Crippen LogP contribution in [-0.2, 0) is 21.4 Å². The molecule has 0 atom stereocenters. The molecular formula is C20H25N3O4S. The van der Waals surface area contributed by atoms with Gasteiger partial charge in [-0.1, -0.05) is 6.07 Å². The predicted molar refractivity (Wildman–Crippen MR) is 107 cm³/mol. The van der Waals surface area contributed by atoms with Crippen LogP contribution in [0.2, 0.25) is 0 Å². The maximum absolute atomic E-state index is 12.8. The number of carbonyl (C=O) groups excluding carboxylic acids is 1. The number of ether oxygens (including phenoxy) is 1. The van der Waals surface area contributed by atoms with Crippen LogP contribution in [0.15, 0.2) is 47.5 Å². The Bertz CT molecular complexity index is 924. The fraction of sp³-hybridized carbons (Fsp3) is 0.400. The standard InChI is InChI=1S/C20H25N3O4S/c1-22(2)28(25,26)17-9-10-19(23-12-6-3-7-13-23)18(14-17)20(24)27-15-16-8-4-5-11-21-16/h4-5,8-11,14H,3,6-7,12-13,15H2,1-2H3. The van der Waals surface area contributed by atoms with Crippen molar-refractivity contribution in [1.82, 2.24) is 9.29 Å². The van der Waals surface area contributed by atoms with Gasteiger partial charge in [0.25, 0.3) is 0 Å². The second-order valence-electron chi connectivity index (χ2n) is 6.91. The summed E-state index contributed by atoms with van der Waals surface area (Å²) in [6.45, 7) is 1.70. The molecule has 1 aromatic carbocycles. The van der Waals surface area contributed by atoms with Crippen molar-refractivity contribution in [2.75, 3.05) is 32.1 Å². The van der Waals surface area contributed by atoms with E-state index in [0.717, 1.165) is 36.7 Å². The quantitative estimate of drug-likeness (QED) is 0.690. The largest absolute Gasteiger partial charge is 0.456 e. The molecule has 1 aromatic heterocycles. The number of hydrogen-bond donors (Lipinski definition) is 0. The van der Waals surface area contributed by atoms with Gasteiger partial charge in [-0.25, -0.2) is 17.5 Å². The summed E-state index contributed by atoms with van der Waals surface area (Å²) in [5.41, 5.74) is 1.61. The number of hydrogen-bond acceptors (Lipinski definition) is 6. The van der Waals surface area contributed by atoms with Gasteiger partial charge in [-0.15, -0.1) is 0 Å². The summed E-state index contributed by atoms with van der Waals surface area (Å²) in [4.78, 5) is 19.2. The number of sulfonamides is 1. The maximum Gasteiger partial charge on any atom is 0.340 e. The molecule has 0 radical (unpaired) electrons. The van der Waals surface area contributed by atoms with Gasteiger partial charge in [-0.3, -0.25) is 4.98 Å². The van der Waals surface area contributed by atoms with Crippen LogP contribution in [0.4, 0.5) is 5.69 Å². The first-order valence-corrected chi connectivity index (χ1v) is 10.7. The second kappa shape index (κ2) is 8.70. The summed E-state index contributed by atoms with van der Waals surface area (Å²) in [6, 6.07) is 10.1. The number of nitrogens with zero attached hydrogens (tertiary/aromatic N) is 3. The third-order valence-electron chi connectivity index (χ3n) is 4.74. The Morgan fingerprint density at radius 1 is 1.14 bits per heavy atom. The van der Waals surface area contributed by atoms with Gasteiger partial charge in [0.15, 0.2) is 0 Å². The van der Waals surface area contributed by atoms with Gasteiger partial charge in [0.05, 0.1) is 21.8 Å². The maximum atomic E-state index is 12.8. The van der Waals surface area contributed by atoms with Crippen LogP contribution >= 0.6 is 0 Å². The molecular weight excluding hydrogens is 378 g/mol. The van der Waals surface area contributed by atoms with Crippen LogP contribution < -0.4 is 4.90 Å². The lowest BCUT2D eigenvalue weighted by Gasteiger charge is -2.30. The molecule has 0 aliphatic carbocycles. The number of benzene rings is 1. The average Bonchev–Trinajstić information content (AvgIpc) is 2.72. The summed E-state index contributed by atoms with van der Waals surface area (Å²) in [6.07, 6.45) is 4.87. The van der Waals surface area contributed by atoms with Crippen LogP contribution in [0.25, 0.3) is 0 Å². The van der Waals surface area contributed by atoms with Crippen molar-refractivity contribution in [2.24, 2.45) is 0 Å². The number of pyridine rings is 1.